The van der Waals surface area contributed by atoms with Gasteiger partial charge >= 0.3 is 0 Å². The van der Waals surface area contributed by atoms with Crippen molar-refractivity contribution in [1.82, 2.24) is 9.80 Å². The number of rotatable bonds is 5. The Morgan fingerprint density at radius 1 is 1.16 bits per heavy atom. The fourth-order valence-corrected chi connectivity index (χ4v) is 2.31. The number of benzene rings is 1. The van der Waals surface area contributed by atoms with Crippen molar-refractivity contribution < 1.29 is 4.74 Å². The second-order valence-corrected chi connectivity index (χ2v) is 4.96. The maximum atomic E-state index is 8.64. The Bertz CT molecular complexity index is 439. The monoisotopic (exact) mass is 279 g/mol. The Morgan fingerprint density at radius 3 is 2.53 bits per heavy atom. The maximum Gasteiger partial charge on any atom is 0.137 e. The van der Waals surface area contributed by atoms with E-state index in [0.29, 0.717) is 18.2 Å². The molecule has 19 heavy (non-hydrogen) atoms. The van der Waals surface area contributed by atoms with Gasteiger partial charge in [0, 0.05) is 32.7 Å². The van der Waals surface area contributed by atoms with Gasteiger partial charge in [-0.25, -0.2) is 0 Å². The first-order chi connectivity index (χ1) is 9.29. The number of nitriles is 1. The van der Waals surface area contributed by atoms with Crippen molar-refractivity contribution in [3.05, 3.63) is 29.3 Å². The van der Waals surface area contributed by atoms with Crippen LogP contribution in [0.1, 0.15) is 0 Å². The summed E-state index contributed by atoms with van der Waals surface area (Å²) in [4.78, 5) is 4.52. The van der Waals surface area contributed by atoms with Crippen LogP contribution >= 0.6 is 11.6 Å². The van der Waals surface area contributed by atoms with Crippen LogP contribution in [0.3, 0.4) is 0 Å². The highest BCUT2D eigenvalue weighted by Gasteiger charge is 2.16. The van der Waals surface area contributed by atoms with Gasteiger partial charge in [-0.1, -0.05) is 23.7 Å². The Balaban J connectivity index is 1.67. The summed E-state index contributed by atoms with van der Waals surface area (Å²) in [6.07, 6.45) is 0. The van der Waals surface area contributed by atoms with Gasteiger partial charge in [-0.3, -0.25) is 9.80 Å². The fraction of sp³-hybridized carbons (Fsp3) is 0.500. The second kappa shape index (κ2) is 7.34. The highest BCUT2D eigenvalue weighted by Crippen LogP contribution is 2.22. The molecule has 0 amide bonds. The molecule has 102 valence electrons. The van der Waals surface area contributed by atoms with Crippen molar-refractivity contribution in [2.45, 2.75) is 0 Å². The minimum Gasteiger partial charge on any atom is -0.491 e. The van der Waals surface area contributed by atoms with Crippen LogP contribution in [-0.2, 0) is 0 Å². The summed E-state index contributed by atoms with van der Waals surface area (Å²) >= 11 is 6.02. The molecule has 1 fully saturated rings. The topological polar surface area (TPSA) is 39.5 Å². The van der Waals surface area contributed by atoms with Gasteiger partial charge in [0.15, 0.2) is 0 Å². The molecule has 0 N–H and O–H groups in total. The lowest BCUT2D eigenvalue weighted by atomic mass is 10.3. The number of nitrogens with zero attached hydrogens (tertiary/aromatic N) is 3. The molecule has 0 atom stereocenters. The van der Waals surface area contributed by atoms with Gasteiger partial charge in [0.25, 0.3) is 0 Å². The second-order valence-electron chi connectivity index (χ2n) is 4.55. The molecule has 1 aromatic rings. The van der Waals surface area contributed by atoms with Gasteiger partial charge in [-0.15, -0.1) is 0 Å². The average Bonchev–Trinajstić information content (AvgIpc) is 2.43. The van der Waals surface area contributed by atoms with E-state index in [9.17, 15) is 0 Å². The van der Waals surface area contributed by atoms with E-state index in [1.54, 1.807) is 0 Å². The van der Waals surface area contributed by atoms with Crippen molar-refractivity contribution in [3.63, 3.8) is 0 Å². The molecular weight excluding hydrogens is 262 g/mol. The van der Waals surface area contributed by atoms with Crippen molar-refractivity contribution in [3.8, 4) is 11.8 Å². The number of hydrogen-bond donors (Lipinski definition) is 0. The lowest BCUT2D eigenvalue weighted by molar-refractivity contribution is 0.126. The maximum absolute atomic E-state index is 8.64. The third-order valence-corrected chi connectivity index (χ3v) is 3.57. The van der Waals surface area contributed by atoms with Crippen molar-refractivity contribution in [2.24, 2.45) is 0 Å². The quantitative estimate of drug-likeness (QED) is 0.772. The van der Waals surface area contributed by atoms with Crippen LogP contribution in [0.15, 0.2) is 24.3 Å². The van der Waals surface area contributed by atoms with Crippen molar-refractivity contribution >= 4 is 11.6 Å². The SMILES string of the molecule is N#CCN1CCN(CCOc2ccccc2Cl)CC1. The smallest absolute Gasteiger partial charge is 0.137 e. The van der Waals surface area contributed by atoms with Crippen LogP contribution in [0, 0.1) is 11.3 Å². The zero-order valence-electron chi connectivity index (χ0n) is 10.9. The van der Waals surface area contributed by atoms with Crippen molar-refractivity contribution in [2.75, 3.05) is 45.9 Å². The van der Waals surface area contributed by atoms with Crippen LogP contribution in [0.5, 0.6) is 5.75 Å². The normalized spacial score (nSPS) is 17.1. The van der Waals surface area contributed by atoms with E-state index in [1.165, 1.54) is 0 Å². The van der Waals surface area contributed by atoms with Gasteiger partial charge < -0.3 is 4.74 Å². The van der Waals surface area contributed by atoms with E-state index < -0.39 is 0 Å². The summed E-state index contributed by atoms with van der Waals surface area (Å²) in [5.74, 6) is 0.743. The molecule has 0 unspecified atom stereocenters. The first-order valence-corrected chi connectivity index (χ1v) is 6.86. The Kier molecular flexibility index (Phi) is 5.46. The van der Waals surface area contributed by atoms with Crippen LogP contribution in [0.2, 0.25) is 5.02 Å². The van der Waals surface area contributed by atoms with Crippen LogP contribution in [0.4, 0.5) is 0 Å². The number of halogens is 1. The molecule has 0 aromatic heterocycles. The number of hydrogen-bond acceptors (Lipinski definition) is 4. The summed E-state index contributed by atoms with van der Waals surface area (Å²) in [6, 6.07) is 9.72. The predicted octanol–water partition coefficient (Wildman–Crippen LogP) is 1.86. The number of para-hydroxylation sites is 1. The lowest BCUT2D eigenvalue weighted by Gasteiger charge is -2.33. The summed E-state index contributed by atoms with van der Waals surface area (Å²) in [6.45, 7) is 5.97. The largest absolute Gasteiger partial charge is 0.491 e. The van der Waals surface area contributed by atoms with Gasteiger partial charge in [-0.05, 0) is 12.1 Å². The van der Waals surface area contributed by atoms with Gasteiger partial charge in [0.1, 0.15) is 12.4 Å². The molecule has 1 aromatic carbocycles. The first-order valence-electron chi connectivity index (χ1n) is 6.48. The average molecular weight is 280 g/mol. The summed E-state index contributed by atoms with van der Waals surface area (Å²) in [7, 11) is 0. The zero-order valence-corrected chi connectivity index (χ0v) is 11.6. The molecule has 4 nitrogen and oxygen atoms in total. The van der Waals surface area contributed by atoms with E-state index in [0.717, 1.165) is 38.5 Å². The minimum atomic E-state index is 0.532. The van der Waals surface area contributed by atoms with E-state index in [4.69, 9.17) is 21.6 Å². The molecule has 5 heteroatoms. The molecule has 1 aliphatic rings. The molecule has 0 saturated carbocycles. The first kappa shape index (κ1) is 14.1. The van der Waals surface area contributed by atoms with E-state index in [-0.39, 0.29) is 0 Å². The van der Waals surface area contributed by atoms with Crippen LogP contribution < -0.4 is 4.74 Å². The number of ether oxygens (including phenoxy) is 1. The molecular formula is C14H18ClN3O. The van der Waals surface area contributed by atoms with E-state index >= 15 is 0 Å². The third-order valence-electron chi connectivity index (χ3n) is 3.26. The van der Waals surface area contributed by atoms with Crippen LogP contribution in [-0.4, -0.2) is 55.7 Å². The minimum absolute atomic E-state index is 0.532. The standard InChI is InChI=1S/C14H18ClN3O/c15-13-3-1-2-4-14(13)19-12-11-18-9-7-17(6-5-16)8-10-18/h1-4H,6-12H2. The van der Waals surface area contributed by atoms with Gasteiger partial charge in [0.05, 0.1) is 17.6 Å². The highest BCUT2D eigenvalue weighted by atomic mass is 35.5. The molecule has 0 bridgehead atoms. The molecule has 0 spiro atoms. The van der Waals surface area contributed by atoms with Gasteiger partial charge in [-0.2, -0.15) is 5.26 Å². The zero-order chi connectivity index (χ0) is 13.5. The van der Waals surface area contributed by atoms with Crippen molar-refractivity contribution in [1.29, 1.82) is 5.26 Å². The summed E-state index contributed by atoms with van der Waals surface area (Å²) in [5, 5.41) is 9.29. The molecule has 2 rings (SSSR count). The lowest BCUT2D eigenvalue weighted by Crippen LogP contribution is -2.47. The third kappa shape index (κ3) is 4.39. The molecule has 1 aliphatic heterocycles. The van der Waals surface area contributed by atoms with E-state index in [1.807, 2.05) is 24.3 Å². The summed E-state index contributed by atoms with van der Waals surface area (Å²) < 4.78 is 5.67. The Hall–Kier alpha value is -1.28. The Morgan fingerprint density at radius 2 is 1.84 bits per heavy atom. The highest BCUT2D eigenvalue weighted by molar-refractivity contribution is 6.32. The van der Waals surface area contributed by atoms with Gasteiger partial charge in [0.2, 0.25) is 0 Å². The number of piperazine rings is 1. The van der Waals surface area contributed by atoms with Crippen LogP contribution in [0.25, 0.3) is 0 Å². The predicted molar refractivity (Wildman–Crippen MR) is 75.4 cm³/mol. The summed E-state index contributed by atoms with van der Waals surface area (Å²) in [5.41, 5.74) is 0. The molecule has 1 heterocycles. The Labute approximate surface area is 119 Å². The molecule has 0 aliphatic carbocycles. The van der Waals surface area contributed by atoms with E-state index in [2.05, 4.69) is 15.9 Å². The fourth-order valence-electron chi connectivity index (χ4n) is 2.12. The molecule has 1 saturated heterocycles. The molecule has 0 radical (unpaired) electrons.